The van der Waals surface area contributed by atoms with Gasteiger partial charge in [-0.25, -0.2) is 0 Å². The number of methoxy groups -OCH3 is 1. The molecule has 7 heteroatoms. The largest absolute Gasteiger partial charge is 0.491 e. The van der Waals surface area contributed by atoms with Gasteiger partial charge in [-0.15, -0.1) is 10.2 Å². The fourth-order valence-corrected chi connectivity index (χ4v) is 3.35. The molecule has 0 N–H and O–H groups in total. The summed E-state index contributed by atoms with van der Waals surface area (Å²) in [4.78, 5) is 14.9. The molecule has 2 aromatic rings. The van der Waals surface area contributed by atoms with E-state index in [4.69, 9.17) is 13.9 Å². The van der Waals surface area contributed by atoms with E-state index in [9.17, 15) is 4.79 Å². The van der Waals surface area contributed by atoms with Crippen LogP contribution in [0, 0.1) is 6.92 Å². The Labute approximate surface area is 153 Å². The lowest BCUT2D eigenvalue weighted by atomic mass is 9.89. The number of benzene rings is 1. The standard InChI is InChI=1S/C19H25N3O4/c1-13-17(18-21-20-14(2)26-18)8-5-9-22(13)19(23)15-6-4-7-16(12-15)25-11-10-24-3/h4,6-7,12-13,17H,5,8-11H2,1-3H3/t13-,17-/m0/s1. The van der Waals surface area contributed by atoms with E-state index in [2.05, 4.69) is 10.2 Å². The summed E-state index contributed by atoms with van der Waals surface area (Å²) in [5, 5.41) is 8.08. The minimum absolute atomic E-state index is 0.00405. The molecule has 0 spiro atoms. The highest BCUT2D eigenvalue weighted by Crippen LogP contribution is 2.32. The van der Waals surface area contributed by atoms with Gasteiger partial charge in [-0.2, -0.15) is 0 Å². The van der Waals surface area contributed by atoms with Crippen molar-refractivity contribution in [1.29, 1.82) is 0 Å². The number of rotatable bonds is 6. The van der Waals surface area contributed by atoms with Crippen LogP contribution in [-0.4, -0.2) is 53.9 Å². The molecule has 7 nitrogen and oxygen atoms in total. The molecule has 1 aromatic heterocycles. The molecule has 0 aliphatic carbocycles. The van der Waals surface area contributed by atoms with Crippen LogP contribution >= 0.6 is 0 Å². The molecule has 26 heavy (non-hydrogen) atoms. The molecule has 1 aromatic carbocycles. The van der Waals surface area contributed by atoms with Gasteiger partial charge in [0.15, 0.2) is 0 Å². The van der Waals surface area contributed by atoms with E-state index in [-0.39, 0.29) is 17.9 Å². The Balaban J connectivity index is 1.73. The maximum absolute atomic E-state index is 13.1. The van der Waals surface area contributed by atoms with Gasteiger partial charge in [-0.1, -0.05) is 6.07 Å². The molecule has 2 atom stereocenters. The normalized spacial score (nSPS) is 20.2. The van der Waals surface area contributed by atoms with Crippen molar-refractivity contribution in [2.24, 2.45) is 0 Å². The number of hydrogen-bond donors (Lipinski definition) is 0. The van der Waals surface area contributed by atoms with Crippen LogP contribution in [0.3, 0.4) is 0 Å². The van der Waals surface area contributed by atoms with Crippen molar-refractivity contribution in [3.05, 3.63) is 41.6 Å². The van der Waals surface area contributed by atoms with Crippen LogP contribution in [0.2, 0.25) is 0 Å². The minimum atomic E-state index is -0.00540. The number of carbonyl (C=O) groups is 1. The molecular weight excluding hydrogens is 334 g/mol. The van der Waals surface area contributed by atoms with Gasteiger partial charge in [0.25, 0.3) is 5.91 Å². The molecule has 0 saturated carbocycles. The smallest absolute Gasteiger partial charge is 0.254 e. The number of ether oxygens (including phenoxy) is 2. The van der Waals surface area contributed by atoms with E-state index in [0.717, 1.165) is 19.4 Å². The molecule has 0 unspecified atom stereocenters. The summed E-state index contributed by atoms with van der Waals surface area (Å²) >= 11 is 0. The van der Waals surface area contributed by atoms with Gasteiger partial charge in [-0.05, 0) is 38.0 Å². The zero-order valence-electron chi connectivity index (χ0n) is 15.5. The fraction of sp³-hybridized carbons (Fsp3) is 0.526. The average molecular weight is 359 g/mol. The first kappa shape index (κ1) is 18.4. The van der Waals surface area contributed by atoms with Crippen LogP contribution in [0.5, 0.6) is 5.75 Å². The SMILES string of the molecule is COCCOc1cccc(C(=O)N2CCC[C@H](c3nnc(C)o3)[C@@H]2C)c1. The Bertz CT molecular complexity index is 746. The number of carbonyl (C=O) groups excluding carboxylic acids is 1. The predicted octanol–water partition coefficient (Wildman–Crippen LogP) is 2.81. The lowest BCUT2D eigenvalue weighted by Gasteiger charge is -2.38. The third-order valence-electron chi connectivity index (χ3n) is 4.74. The van der Waals surface area contributed by atoms with E-state index in [1.807, 2.05) is 30.0 Å². The molecule has 140 valence electrons. The number of aromatic nitrogens is 2. The van der Waals surface area contributed by atoms with Gasteiger partial charge in [0.05, 0.1) is 12.5 Å². The molecule has 0 bridgehead atoms. The summed E-state index contributed by atoms with van der Waals surface area (Å²) in [6, 6.07) is 7.28. The first-order valence-electron chi connectivity index (χ1n) is 8.93. The Morgan fingerprint density at radius 2 is 2.19 bits per heavy atom. The van der Waals surface area contributed by atoms with E-state index in [1.54, 1.807) is 20.1 Å². The Hall–Kier alpha value is -2.41. The van der Waals surface area contributed by atoms with Crippen LogP contribution in [0.1, 0.15) is 47.8 Å². The molecule has 1 saturated heterocycles. The highest BCUT2D eigenvalue weighted by atomic mass is 16.5. The van der Waals surface area contributed by atoms with Gasteiger partial charge in [0.1, 0.15) is 12.4 Å². The zero-order valence-corrected chi connectivity index (χ0v) is 15.5. The van der Waals surface area contributed by atoms with Crippen molar-refractivity contribution in [3.63, 3.8) is 0 Å². The number of nitrogens with zero attached hydrogens (tertiary/aromatic N) is 3. The zero-order chi connectivity index (χ0) is 18.5. The highest BCUT2D eigenvalue weighted by molar-refractivity contribution is 5.95. The molecule has 1 fully saturated rings. The van der Waals surface area contributed by atoms with Crippen molar-refractivity contribution >= 4 is 5.91 Å². The summed E-state index contributed by atoms with van der Waals surface area (Å²) in [5.41, 5.74) is 0.620. The third-order valence-corrected chi connectivity index (χ3v) is 4.74. The molecule has 3 rings (SSSR count). The predicted molar refractivity (Wildman–Crippen MR) is 95.3 cm³/mol. The van der Waals surface area contributed by atoms with Crippen LogP contribution in [0.25, 0.3) is 0 Å². The van der Waals surface area contributed by atoms with Crippen molar-refractivity contribution in [1.82, 2.24) is 15.1 Å². The number of aryl methyl sites for hydroxylation is 1. The van der Waals surface area contributed by atoms with Crippen molar-refractivity contribution in [2.75, 3.05) is 26.9 Å². The Morgan fingerprint density at radius 3 is 2.92 bits per heavy atom. The first-order valence-corrected chi connectivity index (χ1v) is 8.93. The lowest BCUT2D eigenvalue weighted by molar-refractivity contribution is 0.0582. The molecule has 0 radical (unpaired) electrons. The minimum Gasteiger partial charge on any atom is -0.491 e. The van der Waals surface area contributed by atoms with Gasteiger partial charge in [-0.3, -0.25) is 4.79 Å². The lowest BCUT2D eigenvalue weighted by Crippen LogP contribution is -2.46. The fourth-order valence-electron chi connectivity index (χ4n) is 3.35. The monoisotopic (exact) mass is 359 g/mol. The second-order valence-electron chi connectivity index (χ2n) is 6.52. The van der Waals surface area contributed by atoms with Gasteiger partial charge >= 0.3 is 0 Å². The molecule has 1 aliphatic heterocycles. The highest BCUT2D eigenvalue weighted by Gasteiger charge is 2.35. The average Bonchev–Trinajstić information content (AvgIpc) is 3.08. The molecule has 2 heterocycles. The third kappa shape index (κ3) is 4.04. The van der Waals surface area contributed by atoms with E-state index < -0.39 is 0 Å². The van der Waals surface area contributed by atoms with Crippen molar-refractivity contribution in [2.45, 2.75) is 38.6 Å². The number of hydrogen-bond acceptors (Lipinski definition) is 6. The maximum atomic E-state index is 13.1. The summed E-state index contributed by atoms with van der Waals surface area (Å²) in [5.74, 6) is 1.90. The van der Waals surface area contributed by atoms with E-state index in [1.165, 1.54) is 0 Å². The second kappa shape index (κ2) is 8.31. The van der Waals surface area contributed by atoms with E-state index >= 15 is 0 Å². The van der Waals surface area contributed by atoms with Crippen molar-refractivity contribution < 1.29 is 18.7 Å². The maximum Gasteiger partial charge on any atom is 0.254 e. The number of likely N-dealkylation sites (tertiary alicyclic amines) is 1. The van der Waals surface area contributed by atoms with Gasteiger partial charge in [0.2, 0.25) is 11.8 Å². The topological polar surface area (TPSA) is 77.7 Å². The van der Waals surface area contributed by atoms with Crippen LogP contribution in [0.4, 0.5) is 0 Å². The number of piperidine rings is 1. The van der Waals surface area contributed by atoms with Crippen molar-refractivity contribution in [3.8, 4) is 5.75 Å². The van der Waals surface area contributed by atoms with Crippen LogP contribution in [-0.2, 0) is 4.74 Å². The Kier molecular flexibility index (Phi) is 5.88. The molecule has 1 aliphatic rings. The number of amides is 1. The van der Waals surface area contributed by atoms with Gasteiger partial charge in [0, 0.05) is 32.2 Å². The van der Waals surface area contributed by atoms with Crippen LogP contribution in [0.15, 0.2) is 28.7 Å². The summed E-state index contributed by atoms with van der Waals surface area (Å²) in [6.45, 7) is 5.50. The summed E-state index contributed by atoms with van der Waals surface area (Å²) < 4.78 is 16.2. The summed E-state index contributed by atoms with van der Waals surface area (Å²) in [6.07, 6.45) is 1.85. The molecule has 1 amide bonds. The molecular formula is C19H25N3O4. The quantitative estimate of drug-likeness (QED) is 0.738. The first-order chi connectivity index (χ1) is 12.6. The second-order valence-corrected chi connectivity index (χ2v) is 6.52. The van der Waals surface area contributed by atoms with Crippen LogP contribution < -0.4 is 4.74 Å². The summed E-state index contributed by atoms with van der Waals surface area (Å²) in [7, 11) is 1.63. The Morgan fingerprint density at radius 1 is 1.35 bits per heavy atom. The van der Waals surface area contributed by atoms with Gasteiger partial charge < -0.3 is 18.8 Å². The van der Waals surface area contributed by atoms with E-state index in [0.29, 0.717) is 36.3 Å².